The van der Waals surface area contributed by atoms with Crippen molar-refractivity contribution in [2.45, 2.75) is 38.1 Å². The lowest BCUT2D eigenvalue weighted by molar-refractivity contribution is -0.141. The van der Waals surface area contributed by atoms with Gasteiger partial charge in [0.05, 0.1) is 5.92 Å². The van der Waals surface area contributed by atoms with Crippen molar-refractivity contribution in [2.24, 2.45) is 11.8 Å². The van der Waals surface area contributed by atoms with Crippen molar-refractivity contribution in [1.29, 1.82) is 0 Å². The number of carbonyl (C=O) groups excluding carboxylic acids is 2. The molecule has 1 aliphatic heterocycles. The highest BCUT2D eigenvalue weighted by atomic mass is 16.4. The molecule has 3 N–H and O–H groups in total. The van der Waals surface area contributed by atoms with Crippen molar-refractivity contribution < 1.29 is 19.5 Å². The van der Waals surface area contributed by atoms with Crippen LogP contribution in [0.15, 0.2) is 0 Å². The summed E-state index contributed by atoms with van der Waals surface area (Å²) in [6.07, 6.45) is 2.75. The molecule has 0 aromatic rings. The lowest BCUT2D eigenvalue weighted by Gasteiger charge is -2.24. The summed E-state index contributed by atoms with van der Waals surface area (Å²) in [4.78, 5) is 33.7. The lowest BCUT2D eigenvalue weighted by Crippen LogP contribution is -2.49. The summed E-state index contributed by atoms with van der Waals surface area (Å²) in [7, 11) is 0. The second-order valence-corrected chi connectivity index (χ2v) is 5.09. The van der Waals surface area contributed by atoms with E-state index in [0.717, 1.165) is 0 Å². The minimum Gasteiger partial charge on any atom is -0.481 e. The molecule has 2 fully saturated rings. The Labute approximate surface area is 105 Å². The molecule has 0 spiro atoms. The van der Waals surface area contributed by atoms with Crippen molar-refractivity contribution in [3.8, 4) is 0 Å². The molecule has 3 atom stereocenters. The highest BCUT2D eigenvalue weighted by molar-refractivity contribution is 5.82. The van der Waals surface area contributed by atoms with Crippen LogP contribution >= 0.6 is 0 Å². The van der Waals surface area contributed by atoms with Gasteiger partial charge in [0.25, 0.3) is 0 Å². The Balaban J connectivity index is 1.78. The molecule has 0 aromatic heterocycles. The van der Waals surface area contributed by atoms with E-state index in [4.69, 9.17) is 5.11 Å². The summed E-state index contributed by atoms with van der Waals surface area (Å²) in [5.41, 5.74) is 0. The molecule has 2 rings (SSSR count). The fourth-order valence-electron chi connectivity index (χ4n) is 2.62. The maximum Gasteiger partial charge on any atom is 0.306 e. The lowest BCUT2D eigenvalue weighted by atomic mass is 10.0. The van der Waals surface area contributed by atoms with Crippen LogP contribution in [0.5, 0.6) is 0 Å². The van der Waals surface area contributed by atoms with Crippen LogP contribution in [-0.4, -0.2) is 35.5 Å². The summed E-state index contributed by atoms with van der Waals surface area (Å²) in [6, 6.07) is -0.0147. The molecule has 1 saturated heterocycles. The summed E-state index contributed by atoms with van der Waals surface area (Å²) >= 11 is 0. The van der Waals surface area contributed by atoms with Crippen LogP contribution in [0.2, 0.25) is 0 Å². The number of carboxylic acids is 1. The predicted molar refractivity (Wildman–Crippen MR) is 62.6 cm³/mol. The van der Waals surface area contributed by atoms with Gasteiger partial charge in [-0.1, -0.05) is 0 Å². The molecule has 18 heavy (non-hydrogen) atoms. The molecular formula is C12H18N2O4. The number of rotatable bonds is 3. The molecule has 1 heterocycles. The van der Waals surface area contributed by atoms with Gasteiger partial charge in [0.1, 0.15) is 0 Å². The third kappa shape index (κ3) is 3.00. The molecule has 6 heteroatoms. The third-order valence-electron chi connectivity index (χ3n) is 3.76. The number of carboxylic acid groups (broad SMARTS) is 1. The number of piperidine rings is 1. The van der Waals surface area contributed by atoms with Crippen LogP contribution in [0.4, 0.5) is 0 Å². The first-order chi connectivity index (χ1) is 8.56. The average Bonchev–Trinajstić information content (AvgIpc) is 2.81. The number of hydrogen-bond donors (Lipinski definition) is 3. The van der Waals surface area contributed by atoms with Gasteiger partial charge in [0, 0.05) is 24.9 Å². The standard InChI is InChI=1S/C12H18N2O4/c15-10-4-3-9(6-13-10)14-11(16)7-1-2-8(5-7)12(17)18/h7-9H,1-6H2,(H,13,15)(H,14,16)(H,17,18)/t7-,8+,9?/m1/s1. The van der Waals surface area contributed by atoms with Gasteiger partial charge in [-0.15, -0.1) is 0 Å². The van der Waals surface area contributed by atoms with Crippen molar-refractivity contribution >= 4 is 17.8 Å². The van der Waals surface area contributed by atoms with Crippen molar-refractivity contribution in [3.63, 3.8) is 0 Å². The first-order valence-electron chi connectivity index (χ1n) is 6.36. The van der Waals surface area contributed by atoms with Gasteiger partial charge >= 0.3 is 5.97 Å². The van der Waals surface area contributed by atoms with E-state index in [1.807, 2.05) is 0 Å². The van der Waals surface area contributed by atoms with Gasteiger partial charge < -0.3 is 15.7 Å². The Hall–Kier alpha value is -1.59. The van der Waals surface area contributed by atoms with Crippen LogP contribution in [-0.2, 0) is 14.4 Å². The highest BCUT2D eigenvalue weighted by Crippen LogP contribution is 2.31. The number of carbonyl (C=O) groups is 3. The Bertz CT molecular complexity index is 359. The number of nitrogens with one attached hydrogen (secondary N) is 2. The van der Waals surface area contributed by atoms with Gasteiger partial charge in [0.2, 0.25) is 11.8 Å². The molecule has 1 saturated carbocycles. The highest BCUT2D eigenvalue weighted by Gasteiger charge is 2.34. The first-order valence-corrected chi connectivity index (χ1v) is 6.36. The number of amides is 2. The Morgan fingerprint density at radius 1 is 1.22 bits per heavy atom. The predicted octanol–water partition coefficient (Wildman–Crippen LogP) is -0.118. The van der Waals surface area contributed by atoms with E-state index < -0.39 is 5.97 Å². The zero-order chi connectivity index (χ0) is 13.1. The zero-order valence-electron chi connectivity index (χ0n) is 10.1. The molecule has 0 bridgehead atoms. The van der Waals surface area contributed by atoms with E-state index in [-0.39, 0.29) is 29.7 Å². The summed E-state index contributed by atoms with van der Waals surface area (Å²) in [6.45, 7) is 0.472. The maximum atomic E-state index is 11.9. The van der Waals surface area contributed by atoms with E-state index in [1.165, 1.54) is 0 Å². The monoisotopic (exact) mass is 254 g/mol. The molecular weight excluding hydrogens is 236 g/mol. The van der Waals surface area contributed by atoms with Gasteiger partial charge in [-0.3, -0.25) is 14.4 Å². The second kappa shape index (κ2) is 5.37. The molecule has 6 nitrogen and oxygen atoms in total. The first kappa shape index (κ1) is 12.9. The molecule has 0 aromatic carbocycles. The summed E-state index contributed by atoms with van der Waals surface area (Å²) in [5.74, 6) is -1.43. The van der Waals surface area contributed by atoms with Gasteiger partial charge in [-0.2, -0.15) is 0 Å². The van der Waals surface area contributed by atoms with Crippen LogP contribution in [0.25, 0.3) is 0 Å². The van der Waals surface area contributed by atoms with E-state index >= 15 is 0 Å². The van der Waals surface area contributed by atoms with Crippen LogP contribution in [0.3, 0.4) is 0 Å². The zero-order valence-corrected chi connectivity index (χ0v) is 10.1. The fourth-order valence-corrected chi connectivity index (χ4v) is 2.62. The Kier molecular flexibility index (Phi) is 3.84. The van der Waals surface area contributed by atoms with Crippen LogP contribution in [0.1, 0.15) is 32.1 Å². The normalized spacial score (nSPS) is 31.8. The van der Waals surface area contributed by atoms with Gasteiger partial charge in [0.15, 0.2) is 0 Å². The molecule has 2 aliphatic rings. The quantitative estimate of drug-likeness (QED) is 0.654. The topological polar surface area (TPSA) is 95.5 Å². The molecule has 1 unspecified atom stereocenters. The van der Waals surface area contributed by atoms with Gasteiger partial charge in [-0.25, -0.2) is 0 Å². The average molecular weight is 254 g/mol. The SMILES string of the molecule is O=C1CCC(NC(=O)[C@@H]2CC[C@H](C(=O)O)C2)CN1. The fraction of sp³-hybridized carbons (Fsp3) is 0.750. The largest absolute Gasteiger partial charge is 0.481 e. The third-order valence-corrected chi connectivity index (χ3v) is 3.76. The molecule has 1 aliphatic carbocycles. The van der Waals surface area contributed by atoms with Crippen molar-refractivity contribution in [2.75, 3.05) is 6.54 Å². The minimum absolute atomic E-state index is 0.0147. The minimum atomic E-state index is -0.810. The van der Waals surface area contributed by atoms with E-state index in [9.17, 15) is 14.4 Å². The maximum absolute atomic E-state index is 11.9. The number of hydrogen-bond acceptors (Lipinski definition) is 3. The molecule has 100 valence electrons. The molecule has 0 radical (unpaired) electrons. The summed E-state index contributed by atoms with van der Waals surface area (Å²) < 4.78 is 0. The van der Waals surface area contributed by atoms with E-state index in [0.29, 0.717) is 38.6 Å². The Morgan fingerprint density at radius 3 is 2.50 bits per heavy atom. The van der Waals surface area contributed by atoms with Crippen LogP contribution < -0.4 is 10.6 Å². The van der Waals surface area contributed by atoms with Crippen molar-refractivity contribution in [3.05, 3.63) is 0 Å². The summed E-state index contributed by atoms with van der Waals surface area (Å²) in [5, 5.41) is 14.5. The van der Waals surface area contributed by atoms with Crippen molar-refractivity contribution in [1.82, 2.24) is 10.6 Å². The second-order valence-electron chi connectivity index (χ2n) is 5.09. The van der Waals surface area contributed by atoms with E-state index in [1.54, 1.807) is 0 Å². The number of aliphatic carboxylic acids is 1. The smallest absolute Gasteiger partial charge is 0.306 e. The van der Waals surface area contributed by atoms with Gasteiger partial charge in [-0.05, 0) is 25.7 Å². The van der Waals surface area contributed by atoms with E-state index in [2.05, 4.69) is 10.6 Å². The molecule has 2 amide bonds. The van der Waals surface area contributed by atoms with Crippen LogP contribution in [0, 0.1) is 11.8 Å². The Morgan fingerprint density at radius 2 is 1.94 bits per heavy atom.